The third kappa shape index (κ3) is 3.95. The van der Waals surface area contributed by atoms with Crippen LogP contribution in [0.15, 0.2) is 30.3 Å². The summed E-state index contributed by atoms with van der Waals surface area (Å²) in [4.78, 5) is 0. The molecule has 2 heteroatoms. The van der Waals surface area contributed by atoms with Gasteiger partial charge in [-0.15, -0.1) is 0 Å². The SMILES string of the molecule is C[C@H](O)C[C@@H](C)Oc1ccccc1. The highest BCUT2D eigenvalue weighted by Crippen LogP contribution is 2.12. The summed E-state index contributed by atoms with van der Waals surface area (Å²) in [5.41, 5.74) is 0. The summed E-state index contributed by atoms with van der Waals surface area (Å²) in [6, 6.07) is 9.65. The molecule has 0 spiro atoms. The molecular formula is C11H16O2. The van der Waals surface area contributed by atoms with Crippen molar-refractivity contribution in [3.63, 3.8) is 0 Å². The predicted molar refractivity (Wildman–Crippen MR) is 52.8 cm³/mol. The van der Waals surface area contributed by atoms with Crippen LogP contribution >= 0.6 is 0 Å². The lowest BCUT2D eigenvalue weighted by molar-refractivity contribution is 0.115. The van der Waals surface area contributed by atoms with Gasteiger partial charge in [0.1, 0.15) is 5.75 Å². The van der Waals surface area contributed by atoms with Crippen molar-refractivity contribution in [2.24, 2.45) is 0 Å². The second kappa shape index (κ2) is 4.87. The van der Waals surface area contributed by atoms with Crippen molar-refractivity contribution in [1.82, 2.24) is 0 Å². The molecule has 0 fully saturated rings. The molecule has 0 aliphatic rings. The Balaban J connectivity index is 2.41. The Morgan fingerprint density at radius 1 is 1.23 bits per heavy atom. The van der Waals surface area contributed by atoms with Gasteiger partial charge in [0.05, 0.1) is 12.2 Å². The molecule has 0 aliphatic heterocycles. The topological polar surface area (TPSA) is 29.5 Å². The van der Waals surface area contributed by atoms with Gasteiger partial charge in [0.15, 0.2) is 0 Å². The molecular weight excluding hydrogens is 164 g/mol. The molecule has 0 aliphatic carbocycles. The molecule has 1 aromatic rings. The van der Waals surface area contributed by atoms with Gasteiger partial charge in [-0.2, -0.15) is 0 Å². The van der Waals surface area contributed by atoms with E-state index in [1.165, 1.54) is 0 Å². The van der Waals surface area contributed by atoms with E-state index in [-0.39, 0.29) is 12.2 Å². The first-order valence-electron chi connectivity index (χ1n) is 4.58. The molecule has 0 unspecified atom stereocenters. The van der Waals surface area contributed by atoms with Gasteiger partial charge in [-0.1, -0.05) is 18.2 Å². The average molecular weight is 180 g/mol. The van der Waals surface area contributed by atoms with E-state index in [9.17, 15) is 0 Å². The molecule has 1 rings (SSSR count). The third-order valence-electron chi connectivity index (χ3n) is 1.75. The van der Waals surface area contributed by atoms with Crippen molar-refractivity contribution in [2.45, 2.75) is 32.5 Å². The number of aliphatic hydroxyl groups excluding tert-OH is 1. The van der Waals surface area contributed by atoms with Gasteiger partial charge < -0.3 is 9.84 Å². The van der Waals surface area contributed by atoms with Crippen molar-refractivity contribution in [3.05, 3.63) is 30.3 Å². The zero-order chi connectivity index (χ0) is 9.68. The highest BCUT2D eigenvalue weighted by molar-refractivity contribution is 5.21. The Labute approximate surface area is 79.2 Å². The number of benzene rings is 1. The Bertz CT molecular complexity index is 231. The first kappa shape index (κ1) is 10.1. The lowest BCUT2D eigenvalue weighted by Crippen LogP contribution is -2.18. The van der Waals surface area contributed by atoms with E-state index in [1.807, 2.05) is 37.3 Å². The fourth-order valence-corrected chi connectivity index (χ4v) is 1.26. The average Bonchev–Trinajstić information content (AvgIpc) is 2.04. The van der Waals surface area contributed by atoms with Gasteiger partial charge in [-0.3, -0.25) is 0 Å². The molecule has 1 N–H and O–H groups in total. The molecule has 1 aromatic carbocycles. The van der Waals surface area contributed by atoms with Gasteiger partial charge >= 0.3 is 0 Å². The van der Waals surface area contributed by atoms with Crippen LogP contribution in [-0.2, 0) is 0 Å². The summed E-state index contributed by atoms with van der Waals surface area (Å²) in [5.74, 6) is 0.857. The number of hydrogen-bond acceptors (Lipinski definition) is 2. The maximum absolute atomic E-state index is 9.12. The zero-order valence-corrected chi connectivity index (χ0v) is 8.10. The van der Waals surface area contributed by atoms with Crippen LogP contribution in [0.4, 0.5) is 0 Å². The monoisotopic (exact) mass is 180 g/mol. The van der Waals surface area contributed by atoms with Crippen LogP contribution in [0.1, 0.15) is 20.3 Å². The van der Waals surface area contributed by atoms with Crippen molar-refractivity contribution in [1.29, 1.82) is 0 Å². The summed E-state index contributed by atoms with van der Waals surface area (Å²) in [7, 11) is 0. The Hall–Kier alpha value is -1.02. The lowest BCUT2D eigenvalue weighted by Gasteiger charge is -2.15. The minimum absolute atomic E-state index is 0.0578. The van der Waals surface area contributed by atoms with Gasteiger partial charge in [0.25, 0.3) is 0 Å². The van der Waals surface area contributed by atoms with Crippen molar-refractivity contribution < 1.29 is 9.84 Å². The number of para-hydroxylation sites is 1. The van der Waals surface area contributed by atoms with E-state index in [0.717, 1.165) is 5.75 Å². The summed E-state index contributed by atoms with van der Waals surface area (Å²) in [5, 5.41) is 9.12. The molecule has 0 saturated carbocycles. The normalized spacial score (nSPS) is 15.0. The Morgan fingerprint density at radius 3 is 2.38 bits per heavy atom. The van der Waals surface area contributed by atoms with E-state index in [1.54, 1.807) is 6.92 Å². The van der Waals surface area contributed by atoms with Gasteiger partial charge in [-0.05, 0) is 26.0 Å². The second-order valence-corrected chi connectivity index (χ2v) is 3.33. The first-order valence-corrected chi connectivity index (χ1v) is 4.58. The Morgan fingerprint density at radius 2 is 1.85 bits per heavy atom. The highest BCUT2D eigenvalue weighted by Gasteiger charge is 2.06. The van der Waals surface area contributed by atoms with Gasteiger partial charge in [-0.25, -0.2) is 0 Å². The number of rotatable bonds is 4. The van der Waals surface area contributed by atoms with Crippen LogP contribution in [0.3, 0.4) is 0 Å². The maximum Gasteiger partial charge on any atom is 0.119 e. The molecule has 0 bridgehead atoms. The van der Waals surface area contributed by atoms with E-state index in [0.29, 0.717) is 6.42 Å². The molecule has 0 radical (unpaired) electrons. The van der Waals surface area contributed by atoms with Crippen molar-refractivity contribution in [2.75, 3.05) is 0 Å². The molecule has 13 heavy (non-hydrogen) atoms. The predicted octanol–water partition coefficient (Wildman–Crippen LogP) is 2.22. The minimum atomic E-state index is -0.307. The van der Waals surface area contributed by atoms with Crippen LogP contribution < -0.4 is 4.74 Å². The zero-order valence-electron chi connectivity index (χ0n) is 8.10. The summed E-state index contributed by atoms with van der Waals surface area (Å²) in [6.07, 6.45) is 0.413. The standard InChI is InChI=1S/C11H16O2/c1-9(12)8-10(2)13-11-6-4-3-5-7-11/h3-7,9-10,12H,8H2,1-2H3/t9-,10+/m0/s1. The van der Waals surface area contributed by atoms with Crippen LogP contribution in [-0.4, -0.2) is 17.3 Å². The number of ether oxygens (including phenoxy) is 1. The van der Waals surface area contributed by atoms with E-state index >= 15 is 0 Å². The quantitative estimate of drug-likeness (QED) is 0.769. The molecule has 2 nitrogen and oxygen atoms in total. The highest BCUT2D eigenvalue weighted by atomic mass is 16.5. The molecule has 0 amide bonds. The fraction of sp³-hybridized carbons (Fsp3) is 0.455. The van der Waals surface area contributed by atoms with E-state index in [4.69, 9.17) is 9.84 Å². The first-order chi connectivity index (χ1) is 6.18. The molecule has 72 valence electrons. The van der Waals surface area contributed by atoms with E-state index < -0.39 is 0 Å². The summed E-state index contributed by atoms with van der Waals surface area (Å²) >= 11 is 0. The van der Waals surface area contributed by atoms with E-state index in [2.05, 4.69) is 0 Å². The van der Waals surface area contributed by atoms with Crippen molar-refractivity contribution in [3.8, 4) is 5.75 Å². The van der Waals surface area contributed by atoms with Gasteiger partial charge in [0.2, 0.25) is 0 Å². The largest absolute Gasteiger partial charge is 0.491 e. The molecule has 0 heterocycles. The smallest absolute Gasteiger partial charge is 0.119 e. The van der Waals surface area contributed by atoms with Crippen LogP contribution in [0.5, 0.6) is 5.75 Å². The molecule has 0 aromatic heterocycles. The molecule has 0 saturated heterocycles. The van der Waals surface area contributed by atoms with Crippen LogP contribution in [0.25, 0.3) is 0 Å². The van der Waals surface area contributed by atoms with Gasteiger partial charge in [0, 0.05) is 6.42 Å². The van der Waals surface area contributed by atoms with Crippen LogP contribution in [0.2, 0.25) is 0 Å². The summed E-state index contributed by atoms with van der Waals surface area (Å²) < 4.78 is 5.57. The number of aliphatic hydroxyl groups is 1. The summed E-state index contributed by atoms with van der Waals surface area (Å²) in [6.45, 7) is 3.73. The lowest BCUT2D eigenvalue weighted by atomic mass is 10.2. The second-order valence-electron chi connectivity index (χ2n) is 3.33. The fourth-order valence-electron chi connectivity index (χ4n) is 1.26. The van der Waals surface area contributed by atoms with Crippen LogP contribution in [0, 0.1) is 0 Å². The number of hydrogen-bond donors (Lipinski definition) is 1. The third-order valence-corrected chi connectivity index (χ3v) is 1.75. The van der Waals surface area contributed by atoms with Crippen molar-refractivity contribution >= 4 is 0 Å². The minimum Gasteiger partial charge on any atom is -0.491 e. The Kier molecular flexibility index (Phi) is 3.77. The molecule has 2 atom stereocenters. The maximum atomic E-state index is 9.12.